The van der Waals surface area contributed by atoms with Gasteiger partial charge in [-0.05, 0) is 65.7 Å². The van der Waals surface area contributed by atoms with Gasteiger partial charge in [0.2, 0.25) is 0 Å². The fraction of sp³-hybridized carbons (Fsp3) is 0.625. The van der Waals surface area contributed by atoms with Crippen LogP contribution in [0.1, 0.15) is 54.0 Å². The molecular weight excluding hydrogens is 551 g/mol. The second-order valence-corrected chi connectivity index (χ2v) is 12.3. The molecule has 0 aromatic heterocycles. The van der Waals surface area contributed by atoms with E-state index < -0.39 is 69.0 Å². The molecule has 1 aromatic carbocycles. The first kappa shape index (κ1) is 32.0. The van der Waals surface area contributed by atoms with E-state index in [1.54, 1.807) is 41.5 Å². The zero-order valence-corrected chi connectivity index (χ0v) is 23.3. The van der Waals surface area contributed by atoms with Crippen LogP contribution in [0, 0.1) is 0 Å². The van der Waals surface area contributed by atoms with Crippen LogP contribution in [0.15, 0.2) is 24.3 Å². The number of halogens is 3. The van der Waals surface area contributed by atoms with Gasteiger partial charge in [-0.2, -0.15) is 21.6 Å². The zero-order valence-electron chi connectivity index (χ0n) is 22.5. The summed E-state index contributed by atoms with van der Waals surface area (Å²) in [6.45, 7) is 10.7. The Labute approximate surface area is 224 Å². The fourth-order valence-electron chi connectivity index (χ4n) is 3.56. The van der Waals surface area contributed by atoms with Crippen LogP contribution in [-0.2, 0) is 40.3 Å². The number of likely N-dealkylation sites (tertiary alicyclic amines) is 1. The minimum absolute atomic E-state index is 0.0440. The predicted molar refractivity (Wildman–Crippen MR) is 129 cm³/mol. The average Bonchev–Trinajstić information content (AvgIpc) is 3.02. The van der Waals surface area contributed by atoms with Crippen LogP contribution in [0.25, 0.3) is 0 Å². The lowest BCUT2D eigenvalue weighted by Crippen LogP contribution is -2.45. The van der Waals surface area contributed by atoms with Crippen LogP contribution in [0.5, 0.6) is 5.75 Å². The standard InChI is InChI=1S/C24H32F3NO10S/c1-14(29)34-19-17(12-15-8-10-16(11-9-15)38-39(32,33)24(25,26)27)28(20(30)36-22(2,3)4)13-18(19)35-21(31)37-23(5,6)7/h8-11,17-19H,12-13H2,1-7H3/t17-,18+,19+/m1/s1. The number of benzene rings is 1. The van der Waals surface area contributed by atoms with Gasteiger partial charge in [-0.1, -0.05) is 12.1 Å². The van der Waals surface area contributed by atoms with Gasteiger partial charge in [-0.3, -0.25) is 9.69 Å². The number of amides is 1. The molecule has 15 heteroatoms. The third kappa shape index (κ3) is 9.48. The summed E-state index contributed by atoms with van der Waals surface area (Å²) >= 11 is 0. The van der Waals surface area contributed by atoms with Gasteiger partial charge in [-0.25, -0.2) is 9.59 Å². The van der Waals surface area contributed by atoms with Crippen LogP contribution in [0.2, 0.25) is 0 Å². The van der Waals surface area contributed by atoms with E-state index in [0.29, 0.717) is 5.56 Å². The third-order valence-corrected chi connectivity index (χ3v) is 5.93. The van der Waals surface area contributed by atoms with Gasteiger partial charge < -0.3 is 23.1 Å². The molecule has 1 aliphatic heterocycles. The first-order valence-corrected chi connectivity index (χ1v) is 13.1. The van der Waals surface area contributed by atoms with Gasteiger partial charge in [0.25, 0.3) is 0 Å². The summed E-state index contributed by atoms with van der Waals surface area (Å²) < 4.78 is 86.0. The van der Waals surface area contributed by atoms with Crippen molar-refractivity contribution < 1.29 is 59.1 Å². The number of esters is 1. The van der Waals surface area contributed by atoms with Crippen molar-refractivity contribution >= 4 is 28.3 Å². The lowest BCUT2D eigenvalue weighted by molar-refractivity contribution is -0.153. The Morgan fingerprint density at radius 2 is 1.46 bits per heavy atom. The molecule has 1 amide bonds. The summed E-state index contributed by atoms with van der Waals surface area (Å²) in [4.78, 5) is 38.6. The number of carbonyl (C=O) groups is 3. The quantitative estimate of drug-likeness (QED) is 0.206. The molecule has 0 bridgehead atoms. The Balaban J connectivity index is 2.37. The lowest BCUT2D eigenvalue weighted by atomic mass is 10.0. The van der Waals surface area contributed by atoms with Crippen molar-refractivity contribution in [1.29, 1.82) is 0 Å². The summed E-state index contributed by atoms with van der Waals surface area (Å²) in [6.07, 6.45) is -4.19. The molecule has 39 heavy (non-hydrogen) atoms. The van der Waals surface area contributed by atoms with E-state index in [0.717, 1.165) is 19.1 Å². The lowest BCUT2D eigenvalue weighted by Gasteiger charge is -2.30. The number of nitrogens with zero attached hydrogens (tertiary/aromatic N) is 1. The maximum atomic E-state index is 13.1. The second kappa shape index (κ2) is 11.5. The Kier molecular flexibility index (Phi) is 9.42. The van der Waals surface area contributed by atoms with Gasteiger partial charge in [0, 0.05) is 6.92 Å². The number of hydrogen-bond acceptors (Lipinski definition) is 10. The van der Waals surface area contributed by atoms with Gasteiger partial charge in [0.15, 0.2) is 12.2 Å². The molecule has 1 fully saturated rings. The number of hydrogen-bond donors (Lipinski definition) is 0. The molecule has 0 unspecified atom stereocenters. The normalized spacial score (nSPS) is 20.3. The van der Waals surface area contributed by atoms with Crippen LogP contribution in [0.3, 0.4) is 0 Å². The van der Waals surface area contributed by atoms with E-state index in [1.807, 2.05) is 0 Å². The van der Waals surface area contributed by atoms with Gasteiger partial charge in [0.1, 0.15) is 17.0 Å². The molecule has 2 rings (SSSR count). The topological polar surface area (TPSA) is 135 Å². The summed E-state index contributed by atoms with van der Waals surface area (Å²) in [6, 6.07) is 3.62. The summed E-state index contributed by atoms with van der Waals surface area (Å²) in [5.41, 5.74) is -6.99. The molecule has 0 radical (unpaired) electrons. The molecule has 1 saturated heterocycles. The minimum Gasteiger partial charge on any atom is -0.456 e. The van der Waals surface area contributed by atoms with Gasteiger partial charge >= 0.3 is 33.8 Å². The maximum Gasteiger partial charge on any atom is 0.534 e. The molecule has 0 aliphatic carbocycles. The van der Waals surface area contributed by atoms with E-state index in [4.69, 9.17) is 18.9 Å². The second-order valence-electron chi connectivity index (χ2n) is 10.7. The molecule has 0 spiro atoms. The highest BCUT2D eigenvalue weighted by Crippen LogP contribution is 2.31. The molecule has 1 aliphatic rings. The highest BCUT2D eigenvalue weighted by Gasteiger charge is 2.50. The molecule has 0 N–H and O–H groups in total. The smallest absolute Gasteiger partial charge is 0.456 e. The van der Waals surface area contributed by atoms with E-state index >= 15 is 0 Å². The highest BCUT2D eigenvalue weighted by atomic mass is 32.2. The van der Waals surface area contributed by atoms with E-state index in [1.165, 1.54) is 17.0 Å². The summed E-state index contributed by atoms with van der Waals surface area (Å²) in [5.74, 6) is -1.32. The molecular formula is C24H32F3NO10S. The number of ether oxygens (including phenoxy) is 4. The van der Waals surface area contributed by atoms with Crippen LogP contribution in [-0.4, -0.2) is 73.0 Å². The molecule has 220 valence electrons. The Morgan fingerprint density at radius 3 is 1.92 bits per heavy atom. The Morgan fingerprint density at radius 1 is 0.923 bits per heavy atom. The summed E-state index contributed by atoms with van der Waals surface area (Å²) in [7, 11) is -5.86. The third-order valence-electron chi connectivity index (χ3n) is 4.95. The van der Waals surface area contributed by atoms with Crippen molar-refractivity contribution in [3.8, 4) is 5.75 Å². The van der Waals surface area contributed by atoms with Crippen molar-refractivity contribution in [2.45, 2.75) is 89.8 Å². The first-order valence-electron chi connectivity index (χ1n) is 11.7. The number of rotatable bonds is 6. The highest BCUT2D eigenvalue weighted by molar-refractivity contribution is 7.88. The zero-order chi connectivity index (χ0) is 30.0. The molecule has 3 atom stereocenters. The first-order chi connectivity index (χ1) is 17.6. The van der Waals surface area contributed by atoms with Crippen molar-refractivity contribution in [1.82, 2.24) is 4.90 Å². The number of alkyl halides is 3. The van der Waals surface area contributed by atoms with Crippen molar-refractivity contribution in [3.05, 3.63) is 29.8 Å². The minimum atomic E-state index is -5.86. The molecule has 11 nitrogen and oxygen atoms in total. The monoisotopic (exact) mass is 583 g/mol. The van der Waals surface area contributed by atoms with Crippen molar-refractivity contribution in [2.75, 3.05) is 6.54 Å². The van der Waals surface area contributed by atoms with Crippen molar-refractivity contribution in [2.24, 2.45) is 0 Å². The van der Waals surface area contributed by atoms with Crippen molar-refractivity contribution in [3.63, 3.8) is 0 Å². The van der Waals surface area contributed by atoms with E-state index in [-0.39, 0.29) is 13.0 Å². The maximum absolute atomic E-state index is 13.1. The molecule has 0 saturated carbocycles. The van der Waals surface area contributed by atoms with E-state index in [9.17, 15) is 36.0 Å². The van der Waals surface area contributed by atoms with Gasteiger partial charge in [0.05, 0.1) is 12.6 Å². The largest absolute Gasteiger partial charge is 0.534 e. The fourth-order valence-corrected chi connectivity index (χ4v) is 4.02. The SMILES string of the molecule is CC(=O)O[C@@H]1[C@@H](OC(=O)OC(C)(C)C)CN(C(=O)OC(C)(C)C)[C@@H]1Cc1ccc(OS(=O)(=O)C(F)(F)F)cc1. The molecule has 1 aromatic rings. The summed E-state index contributed by atoms with van der Waals surface area (Å²) in [5, 5.41) is 0. The Hall–Kier alpha value is -3.23. The van der Waals surface area contributed by atoms with Crippen LogP contribution >= 0.6 is 0 Å². The van der Waals surface area contributed by atoms with E-state index in [2.05, 4.69) is 4.18 Å². The van der Waals surface area contributed by atoms with Crippen LogP contribution in [0.4, 0.5) is 22.8 Å². The van der Waals surface area contributed by atoms with Gasteiger partial charge in [-0.15, -0.1) is 0 Å². The van der Waals surface area contributed by atoms with Crippen LogP contribution < -0.4 is 4.18 Å². The molecule has 1 heterocycles. The predicted octanol–water partition coefficient (Wildman–Crippen LogP) is 4.33. The average molecular weight is 584 g/mol. The number of carbonyl (C=O) groups excluding carboxylic acids is 3. The Bertz CT molecular complexity index is 1150.